The van der Waals surface area contributed by atoms with Gasteiger partial charge in [-0.05, 0) is 108 Å². The Morgan fingerprint density at radius 3 is 1.54 bits per heavy atom. The summed E-state index contributed by atoms with van der Waals surface area (Å²) in [6, 6.07) is 74.5. The number of fused-ring (bicyclic) bond motifs is 7. The highest BCUT2D eigenvalue weighted by atomic mass is 15.1. The second-order valence-corrected chi connectivity index (χ2v) is 17.3. The van der Waals surface area contributed by atoms with E-state index in [1.807, 2.05) is 0 Å². The second kappa shape index (κ2) is 13.3. The van der Waals surface area contributed by atoms with Crippen molar-refractivity contribution >= 4 is 27.8 Å². The lowest BCUT2D eigenvalue weighted by Crippen LogP contribution is -2.16. The van der Waals surface area contributed by atoms with Crippen LogP contribution in [0.3, 0.4) is 0 Å². The fraction of sp³-hybridized carbons (Fsp3) is 0.103. The molecule has 0 saturated carbocycles. The Balaban J connectivity index is 1.24. The number of anilines is 3. The monoisotopic (exact) mass is 755 g/mol. The number of hydrogen-bond acceptors (Lipinski definition) is 1. The molecule has 0 N–H and O–H groups in total. The molecular weight excluding hydrogens is 711 g/mol. The molecule has 0 heterocycles. The van der Waals surface area contributed by atoms with Crippen molar-refractivity contribution < 1.29 is 0 Å². The van der Waals surface area contributed by atoms with Crippen LogP contribution in [0.15, 0.2) is 200 Å². The smallest absolute Gasteiger partial charge is 0.0546 e. The predicted molar refractivity (Wildman–Crippen MR) is 250 cm³/mol. The van der Waals surface area contributed by atoms with Crippen molar-refractivity contribution in [3.05, 3.63) is 222 Å². The summed E-state index contributed by atoms with van der Waals surface area (Å²) in [6.07, 6.45) is 0. The molecule has 0 radical (unpaired) electrons. The molecule has 0 unspecified atom stereocenters. The maximum absolute atomic E-state index is 2.55. The van der Waals surface area contributed by atoms with Crippen LogP contribution in [0.25, 0.3) is 66.4 Å². The summed E-state index contributed by atoms with van der Waals surface area (Å²) in [5, 5.41) is 2.45. The average molecular weight is 756 g/mol. The molecule has 1 heteroatoms. The third-order valence-corrected chi connectivity index (χ3v) is 13.3. The first-order valence-electron chi connectivity index (χ1n) is 20.9. The number of benzene rings is 9. The summed E-state index contributed by atoms with van der Waals surface area (Å²) in [5.74, 6) is 0. The van der Waals surface area contributed by atoms with Crippen molar-refractivity contribution in [2.24, 2.45) is 0 Å². The molecule has 0 atom stereocenters. The molecule has 282 valence electrons. The minimum Gasteiger partial charge on any atom is -0.309 e. The molecule has 1 nitrogen and oxygen atoms in total. The van der Waals surface area contributed by atoms with Crippen LogP contribution in [0.1, 0.15) is 49.9 Å². The van der Waals surface area contributed by atoms with E-state index in [0.29, 0.717) is 0 Å². The van der Waals surface area contributed by atoms with Gasteiger partial charge >= 0.3 is 0 Å². The molecule has 2 aliphatic rings. The van der Waals surface area contributed by atoms with Crippen LogP contribution < -0.4 is 4.90 Å². The first-order valence-corrected chi connectivity index (χ1v) is 20.9. The highest BCUT2D eigenvalue weighted by molar-refractivity contribution is 6.08. The van der Waals surface area contributed by atoms with E-state index in [1.54, 1.807) is 0 Å². The van der Waals surface area contributed by atoms with Crippen molar-refractivity contribution in [2.75, 3.05) is 4.90 Å². The highest BCUT2D eigenvalue weighted by Crippen LogP contribution is 2.55. The van der Waals surface area contributed by atoms with Crippen molar-refractivity contribution in [3.63, 3.8) is 0 Å². The van der Waals surface area contributed by atoms with Gasteiger partial charge in [0.25, 0.3) is 0 Å². The average Bonchev–Trinajstić information content (AvgIpc) is 3.65. The summed E-state index contributed by atoms with van der Waals surface area (Å²) in [4.78, 5) is 2.55. The van der Waals surface area contributed by atoms with Crippen molar-refractivity contribution in [2.45, 2.75) is 38.5 Å². The summed E-state index contributed by atoms with van der Waals surface area (Å²) >= 11 is 0. The maximum atomic E-state index is 2.55. The van der Waals surface area contributed by atoms with E-state index in [4.69, 9.17) is 0 Å². The molecular formula is C58H45N. The Kier molecular flexibility index (Phi) is 7.94. The third kappa shape index (κ3) is 5.38. The van der Waals surface area contributed by atoms with E-state index < -0.39 is 0 Å². The van der Waals surface area contributed by atoms with E-state index in [2.05, 4.69) is 233 Å². The van der Waals surface area contributed by atoms with Crippen LogP contribution in [-0.2, 0) is 10.8 Å². The van der Waals surface area contributed by atoms with Gasteiger partial charge in [0.1, 0.15) is 0 Å². The second-order valence-electron chi connectivity index (χ2n) is 17.3. The zero-order valence-electron chi connectivity index (χ0n) is 34.0. The van der Waals surface area contributed by atoms with E-state index in [1.165, 1.54) is 88.7 Å². The van der Waals surface area contributed by atoms with E-state index >= 15 is 0 Å². The van der Waals surface area contributed by atoms with Crippen LogP contribution in [0, 0.1) is 0 Å². The van der Waals surface area contributed by atoms with Crippen molar-refractivity contribution in [3.8, 4) is 55.6 Å². The Bertz CT molecular complexity index is 3100. The number of nitrogens with zero attached hydrogens (tertiary/aromatic N) is 1. The van der Waals surface area contributed by atoms with E-state index in [-0.39, 0.29) is 10.8 Å². The third-order valence-electron chi connectivity index (χ3n) is 13.3. The summed E-state index contributed by atoms with van der Waals surface area (Å²) in [6.45, 7) is 9.45. The largest absolute Gasteiger partial charge is 0.309 e. The zero-order valence-corrected chi connectivity index (χ0v) is 34.0. The number of rotatable bonds is 6. The van der Waals surface area contributed by atoms with Gasteiger partial charge < -0.3 is 4.90 Å². The first kappa shape index (κ1) is 35.2. The molecule has 0 aromatic heterocycles. The van der Waals surface area contributed by atoms with Crippen LogP contribution in [0.4, 0.5) is 17.1 Å². The van der Waals surface area contributed by atoms with Crippen molar-refractivity contribution in [1.29, 1.82) is 0 Å². The molecule has 59 heavy (non-hydrogen) atoms. The standard InChI is InChI=1S/C58H45N/c1-57(2)49-27-15-13-24-45(49)47-36-41(30-33-51(47)57)56-43-23-12-11-20-39(43)31-35-54(56)59(42-32-34-52-48(37-42)46-25-14-16-28-50(46)58(52,3)4)53-29-17-26-44(38-18-7-5-8-19-38)55(53)40-21-9-6-10-22-40/h5-37H,1-4H3. The molecule has 0 spiro atoms. The fourth-order valence-corrected chi connectivity index (χ4v) is 10.4. The fourth-order valence-electron chi connectivity index (χ4n) is 10.4. The topological polar surface area (TPSA) is 3.24 Å². The normalized spacial score (nSPS) is 14.0. The van der Waals surface area contributed by atoms with Crippen LogP contribution >= 0.6 is 0 Å². The van der Waals surface area contributed by atoms with E-state index in [9.17, 15) is 0 Å². The SMILES string of the molecule is CC1(C)c2ccccc2-c2cc(-c3c(N(c4ccc5c(c4)-c4ccccc4C5(C)C)c4cccc(-c5ccccc5)c4-c4ccccc4)ccc4ccccc34)ccc21. The summed E-state index contributed by atoms with van der Waals surface area (Å²) < 4.78 is 0. The predicted octanol–water partition coefficient (Wildman–Crippen LogP) is 15.9. The molecule has 9 aromatic carbocycles. The minimum atomic E-state index is -0.0969. The van der Waals surface area contributed by atoms with Gasteiger partial charge in [-0.25, -0.2) is 0 Å². The van der Waals surface area contributed by atoms with Crippen LogP contribution in [0.5, 0.6) is 0 Å². The Hall–Kier alpha value is -6.96. The lowest BCUT2D eigenvalue weighted by atomic mass is 9.82. The van der Waals surface area contributed by atoms with Gasteiger partial charge in [0.05, 0.1) is 11.4 Å². The highest BCUT2D eigenvalue weighted by Gasteiger charge is 2.37. The van der Waals surface area contributed by atoms with Gasteiger partial charge in [0, 0.05) is 27.6 Å². The molecule has 0 amide bonds. The Morgan fingerprint density at radius 2 is 0.847 bits per heavy atom. The molecule has 0 bridgehead atoms. The molecule has 9 aromatic rings. The maximum Gasteiger partial charge on any atom is 0.0546 e. The van der Waals surface area contributed by atoms with Gasteiger partial charge in [0.15, 0.2) is 0 Å². The summed E-state index contributed by atoms with van der Waals surface area (Å²) in [7, 11) is 0. The lowest BCUT2D eigenvalue weighted by Gasteiger charge is -2.32. The van der Waals surface area contributed by atoms with Crippen LogP contribution in [-0.4, -0.2) is 0 Å². The van der Waals surface area contributed by atoms with Gasteiger partial charge in [-0.2, -0.15) is 0 Å². The molecule has 2 aliphatic carbocycles. The summed E-state index contributed by atoms with van der Waals surface area (Å²) in [5.41, 5.74) is 21.2. The van der Waals surface area contributed by atoms with Gasteiger partial charge in [0.2, 0.25) is 0 Å². The first-order chi connectivity index (χ1) is 28.8. The molecule has 0 fully saturated rings. The Labute approximate surface area is 347 Å². The van der Waals surface area contributed by atoms with Gasteiger partial charge in [-0.15, -0.1) is 0 Å². The van der Waals surface area contributed by atoms with E-state index in [0.717, 1.165) is 17.1 Å². The van der Waals surface area contributed by atoms with Crippen LogP contribution in [0.2, 0.25) is 0 Å². The van der Waals surface area contributed by atoms with Gasteiger partial charge in [-0.1, -0.05) is 198 Å². The molecule has 11 rings (SSSR count). The van der Waals surface area contributed by atoms with Gasteiger partial charge in [-0.3, -0.25) is 0 Å². The molecule has 0 aliphatic heterocycles. The number of hydrogen-bond donors (Lipinski definition) is 0. The molecule has 0 saturated heterocycles. The lowest BCUT2D eigenvalue weighted by molar-refractivity contribution is 0.660. The Morgan fingerprint density at radius 1 is 0.322 bits per heavy atom. The zero-order chi connectivity index (χ0) is 39.9. The van der Waals surface area contributed by atoms with Crippen molar-refractivity contribution in [1.82, 2.24) is 0 Å². The quantitative estimate of drug-likeness (QED) is 0.163. The minimum absolute atomic E-state index is 0.0744.